The summed E-state index contributed by atoms with van der Waals surface area (Å²) in [6, 6.07) is 11.1. The van der Waals surface area contributed by atoms with Crippen molar-refractivity contribution in [2.24, 2.45) is 0 Å². The molecule has 4 nitrogen and oxygen atoms in total. The van der Waals surface area contributed by atoms with Crippen LogP contribution in [0, 0.1) is 6.92 Å². The molecule has 0 aliphatic carbocycles. The van der Waals surface area contributed by atoms with Crippen LogP contribution in [0.4, 0.5) is 5.69 Å². The Kier molecular flexibility index (Phi) is 4.17. The topological polar surface area (TPSA) is 35.2 Å². The molecule has 3 rings (SSSR count). The Balaban J connectivity index is 1.65. The number of para-hydroxylation sites is 1. The smallest absolute Gasteiger partial charge is 0.0951 e. The van der Waals surface area contributed by atoms with E-state index in [0.29, 0.717) is 6.04 Å². The maximum Gasteiger partial charge on any atom is 0.0951 e. The molecular formula is C16H21ClN4. The minimum atomic E-state index is 0.479. The van der Waals surface area contributed by atoms with Crippen LogP contribution in [0.5, 0.6) is 0 Å². The number of aromatic amines is 1. The van der Waals surface area contributed by atoms with Gasteiger partial charge in [-0.1, -0.05) is 29.8 Å². The van der Waals surface area contributed by atoms with Gasteiger partial charge in [-0.25, -0.2) is 0 Å². The lowest BCUT2D eigenvalue weighted by molar-refractivity contribution is 0.179. The van der Waals surface area contributed by atoms with Gasteiger partial charge in [-0.05, 0) is 26.0 Å². The molecule has 1 N–H and O–H groups in total. The second-order valence-electron chi connectivity index (χ2n) is 5.71. The maximum absolute atomic E-state index is 6.27. The summed E-state index contributed by atoms with van der Waals surface area (Å²) in [4.78, 5) is 4.89. The number of halogens is 1. The van der Waals surface area contributed by atoms with Gasteiger partial charge in [0.15, 0.2) is 0 Å². The Morgan fingerprint density at radius 2 is 2.05 bits per heavy atom. The first-order chi connectivity index (χ1) is 10.1. The molecule has 1 unspecified atom stereocenters. The predicted molar refractivity (Wildman–Crippen MR) is 86.9 cm³/mol. The Bertz CT molecular complexity index is 596. The Morgan fingerprint density at radius 3 is 2.67 bits per heavy atom. The lowest BCUT2D eigenvalue weighted by Gasteiger charge is -2.40. The van der Waals surface area contributed by atoms with Gasteiger partial charge in [-0.3, -0.25) is 10.00 Å². The van der Waals surface area contributed by atoms with Gasteiger partial charge in [0.1, 0.15) is 0 Å². The zero-order valence-electron chi connectivity index (χ0n) is 12.5. The standard InChI is InChI=1S/C16H21ClN4/c1-12-10-21(14-6-4-3-5-7-14)9-8-20(12)11-15-16(17)13(2)18-19-15/h3-7,12H,8-11H2,1-2H3,(H,18,19). The number of benzene rings is 1. The number of rotatable bonds is 3. The van der Waals surface area contributed by atoms with Crippen molar-refractivity contribution in [3.8, 4) is 0 Å². The van der Waals surface area contributed by atoms with Crippen LogP contribution in [0.3, 0.4) is 0 Å². The van der Waals surface area contributed by atoms with Crippen LogP contribution in [0.15, 0.2) is 30.3 Å². The number of piperazine rings is 1. The van der Waals surface area contributed by atoms with Gasteiger partial charge in [0.2, 0.25) is 0 Å². The Labute approximate surface area is 130 Å². The molecule has 112 valence electrons. The third kappa shape index (κ3) is 3.06. The number of nitrogens with zero attached hydrogens (tertiary/aromatic N) is 3. The fourth-order valence-electron chi connectivity index (χ4n) is 2.87. The third-order valence-corrected chi connectivity index (χ3v) is 4.68. The van der Waals surface area contributed by atoms with Crippen LogP contribution in [-0.4, -0.2) is 40.8 Å². The van der Waals surface area contributed by atoms with E-state index >= 15 is 0 Å². The normalized spacial score (nSPS) is 20.0. The highest BCUT2D eigenvalue weighted by atomic mass is 35.5. The SMILES string of the molecule is Cc1[nH]nc(CN2CCN(c3ccccc3)CC2C)c1Cl. The molecule has 0 spiro atoms. The van der Waals surface area contributed by atoms with Crippen molar-refractivity contribution in [1.29, 1.82) is 0 Å². The first-order valence-corrected chi connectivity index (χ1v) is 7.76. The van der Waals surface area contributed by atoms with Gasteiger partial charge in [0.25, 0.3) is 0 Å². The lowest BCUT2D eigenvalue weighted by atomic mass is 10.1. The molecule has 0 amide bonds. The highest BCUT2D eigenvalue weighted by Gasteiger charge is 2.25. The van der Waals surface area contributed by atoms with Gasteiger partial charge < -0.3 is 4.90 Å². The fraction of sp³-hybridized carbons (Fsp3) is 0.438. The van der Waals surface area contributed by atoms with E-state index in [1.165, 1.54) is 5.69 Å². The molecule has 1 aromatic heterocycles. The molecule has 1 fully saturated rings. The molecule has 5 heteroatoms. The number of aromatic nitrogens is 2. The van der Waals surface area contributed by atoms with Gasteiger partial charge in [-0.2, -0.15) is 5.10 Å². The second kappa shape index (κ2) is 6.08. The summed E-state index contributed by atoms with van der Waals surface area (Å²) >= 11 is 6.27. The monoisotopic (exact) mass is 304 g/mol. The van der Waals surface area contributed by atoms with E-state index in [2.05, 4.69) is 57.3 Å². The number of anilines is 1. The van der Waals surface area contributed by atoms with Crippen molar-refractivity contribution in [3.05, 3.63) is 46.7 Å². The van der Waals surface area contributed by atoms with E-state index in [4.69, 9.17) is 11.6 Å². The van der Waals surface area contributed by atoms with Gasteiger partial charge in [0, 0.05) is 37.9 Å². The lowest BCUT2D eigenvalue weighted by Crippen LogP contribution is -2.51. The van der Waals surface area contributed by atoms with Gasteiger partial charge in [-0.15, -0.1) is 0 Å². The Hall–Kier alpha value is -1.52. The average Bonchev–Trinajstić information content (AvgIpc) is 2.82. The first kappa shape index (κ1) is 14.4. The molecule has 0 bridgehead atoms. The second-order valence-corrected chi connectivity index (χ2v) is 6.09. The molecule has 2 heterocycles. The highest BCUT2D eigenvalue weighted by Crippen LogP contribution is 2.23. The summed E-state index contributed by atoms with van der Waals surface area (Å²) in [7, 11) is 0. The van der Waals surface area contributed by atoms with Crippen molar-refractivity contribution in [2.45, 2.75) is 26.4 Å². The minimum Gasteiger partial charge on any atom is -0.369 e. The van der Waals surface area contributed by atoms with Crippen molar-refractivity contribution >= 4 is 17.3 Å². The van der Waals surface area contributed by atoms with Gasteiger partial charge >= 0.3 is 0 Å². The van der Waals surface area contributed by atoms with E-state index < -0.39 is 0 Å². The van der Waals surface area contributed by atoms with Crippen LogP contribution >= 0.6 is 11.6 Å². The number of hydrogen-bond donors (Lipinski definition) is 1. The summed E-state index contributed by atoms with van der Waals surface area (Å²) in [5.74, 6) is 0. The van der Waals surface area contributed by atoms with Crippen LogP contribution in [-0.2, 0) is 6.54 Å². The molecule has 0 saturated carbocycles. The molecule has 21 heavy (non-hydrogen) atoms. The molecule has 1 saturated heterocycles. The number of nitrogens with one attached hydrogen (secondary N) is 1. The van der Waals surface area contributed by atoms with E-state index in [1.54, 1.807) is 0 Å². The first-order valence-electron chi connectivity index (χ1n) is 7.38. The average molecular weight is 305 g/mol. The summed E-state index contributed by atoms with van der Waals surface area (Å²) in [6.07, 6.45) is 0. The molecule has 1 aliphatic heterocycles. The molecule has 1 atom stereocenters. The quantitative estimate of drug-likeness (QED) is 0.946. The van der Waals surface area contributed by atoms with Crippen molar-refractivity contribution < 1.29 is 0 Å². The predicted octanol–water partition coefficient (Wildman–Crippen LogP) is 3.08. The Morgan fingerprint density at radius 1 is 1.29 bits per heavy atom. The van der Waals surface area contributed by atoms with E-state index in [1.807, 2.05) is 6.92 Å². The van der Waals surface area contributed by atoms with Crippen LogP contribution < -0.4 is 4.90 Å². The maximum atomic E-state index is 6.27. The van der Waals surface area contributed by atoms with Crippen LogP contribution in [0.2, 0.25) is 5.02 Å². The minimum absolute atomic E-state index is 0.479. The molecule has 2 aromatic rings. The fourth-order valence-corrected chi connectivity index (χ4v) is 3.01. The molecule has 1 aromatic carbocycles. The summed E-state index contributed by atoms with van der Waals surface area (Å²) in [6.45, 7) is 8.13. The van der Waals surface area contributed by atoms with Crippen molar-refractivity contribution in [1.82, 2.24) is 15.1 Å². The summed E-state index contributed by atoms with van der Waals surface area (Å²) in [5, 5.41) is 8.04. The van der Waals surface area contributed by atoms with Crippen LogP contribution in [0.1, 0.15) is 18.3 Å². The third-order valence-electron chi connectivity index (χ3n) is 4.18. The van der Waals surface area contributed by atoms with E-state index in [9.17, 15) is 0 Å². The number of H-pyrrole nitrogens is 1. The number of hydrogen-bond acceptors (Lipinski definition) is 3. The molecular weight excluding hydrogens is 284 g/mol. The number of aryl methyl sites for hydroxylation is 1. The van der Waals surface area contributed by atoms with E-state index in [0.717, 1.165) is 42.6 Å². The highest BCUT2D eigenvalue weighted by molar-refractivity contribution is 6.31. The zero-order chi connectivity index (χ0) is 14.8. The van der Waals surface area contributed by atoms with Crippen LogP contribution in [0.25, 0.3) is 0 Å². The summed E-state index contributed by atoms with van der Waals surface area (Å²) in [5.41, 5.74) is 3.20. The van der Waals surface area contributed by atoms with E-state index in [-0.39, 0.29) is 0 Å². The zero-order valence-corrected chi connectivity index (χ0v) is 13.3. The molecule has 0 radical (unpaired) electrons. The van der Waals surface area contributed by atoms with Gasteiger partial charge in [0.05, 0.1) is 16.4 Å². The van der Waals surface area contributed by atoms with Crippen molar-refractivity contribution in [3.63, 3.8) is 0 Å². The molecule has 1 aliphatic rings. The van der Waals surface area contributed by atoms with Crippen molar-refractivity contribution in [2.75, 3.05) is 24.5 Å². The largest absolute Gasteiger partial charge is 0.369 e. The summed E-state index contributed by atoms with van der Waals surface area (Å²) < 4.78 is 0.